The van der Waals surface area contributed by atoms with Crippen LogP contribution in [-0.4, -0.2) is 25.9 Å². The molecule has 0 unspecified atom stereocenters. The number of rotatable bonds is 10. The molecule has 162 valence electrons. The van der Waals surface area contributed by atoms with Crippen LogP contribution in [0.25, 0.3) is 0 Å². The fraction of sp³-hybridized carbons (Fsp3) is 0.440. The maximum Gasteiger partial charge on any atom is 0.253 e. The van der Waals surface area contributed by atoms with Gasteiger partial charge in [0.1, 0.15) is 0 Å². The van der Waals surface area contributed by atoms with Gasteiger partial charge in [0, 0.05) is 31.4 Å². The topological polar surface area (TPSA) is 61.4 Å². The van der Waals surface area contributed by atoms with Crippen LogP contribution in [0.1, 0.15) is 68.4 Å². The van der Waals surface area contributed by atoms with E-state index in [0.717, 1.165) is 36.9 Å². The average Bonchev–Trinajstić information content (AvgIpc) is 2.74. The second-order valence-corrected chi connectivity index (χ2v) is 7.97. The van der Waals surface area contributed by atoms with Gasteiger partial charge in [-0.3, -0.25) is 9.59 Å². The van der Waals surface area contributed by atoms with E-state index < -0.39 is 0 Å². The van der Waals surface area contributed by atoms with Gasteiger partial charge in [0.15, 0.2) is 0 Å². The number of hydrogen-bond acceptors (Lipinski definition) is 3. The Hall–Kier alpha value is -2.82. The minimum atomic E-state index is -0.163. The number of benzene rings is 2. The summed E-state index contributed by atoms with van der Waals surface area (Å²) in [5, 5.41) is 6.08. The first-order valence-corrected chi connectivity index (χ1v) is 10.8. The molecule has 5 heteroatoms. The third kappa shape index (κ3) is 6.34. The summed E-state index contributed by atoms with van der Waals surface area (Å²) in [7, 11) is 3.81. The summed E-state index contributed by atoms with van der Waals surface area (Å²) in [6.45, 7) is 6.14. The van der Waals surface area contributed by atoms with Gasteiger partial charge >= 0.3 is 0 Å². The van der Waals surface area contributed by atoms with Gasteiger partial charge < -0.3 is 15.5 Å². The number of hydrogen-bond donors (Lipinski definition) is 2. The van der Waals surface area contributed by atoms with Crippen LogP contribution < -0.4 is 15.5 Å². The molecule has 2 amide bonds. The van der Waals surface area contributed by atoms with Crippen molar-refractivity contribution in [3.8, 4) is 0 Å². The van der Waals surface area contributed by atoms with Crippen molar-refractivity contribution in [2.24, 2.45) is 5.92 Å². The van der Waals surface area contributed by atoms with Gasteiger partial charge in [-0.15, -0.1) is 0 Å². The fourth-order valence-electron chi connectivity index (χ4n) is 3.50. The van der Waals surface area contributed by atoms with Crippen molar-refractivity contribution in [1.82, 2.24) is 5.32 Å². The third-order valence-corrected chi connectivity index (χ3v) is 5.41. The molecule has 0 aliphatic heterocycles. The molecule has 2 atom stereocenters. The van der Waals surface area contributed by atoms with Crippen molar-refractivity contribution < 1.29 is 9.59 Å². The number of nitrogens with zero attached hydrogens (tertiary/aromatic N) is 1. The Morgan fingerprint density at radius 1 is 1.03 bits per heavy atom. The van der Waals surface area contributed by atoms with Gasteiger partial charge in [0.2, 0.25) is 5.91 Å². The molecule has 0 saturated heterocycles. The standard InChI is InChI=1S/C25H35N3O2/c1-6-8-12-19(7-2)24(29)27-21-15-16-23(28(4)5)22(17-21)25(30)26-18(3)20-13-10-9-11-14-20/h9-11,13-19H,6-8,12H2,1-5H3,(H,26,30)(H,27,29)/t18-,19-/m1/s1. The minimum Gasteiger partial charge on any atom is -0.377 e. The Labute approximate surface area is 180 Å². The van der Waals surface area contributed by atoms with Gasteiger partial charge in [-0.1, -0.05) is 57.0 Å². The summed E-state index contributed by atoms with van der Waals surface area (Å²) < 4.78 is 0. The van der Waals surface area contributed by atoms with Crippen LogP contribution in [0, 0.1) is 5.92 Å². The van der Waals surface area contributed by atoms with Crippen molar-refractivity contribution in [2.45, 2.75) is 52.5 Å². The molecule has 0 spiro atoms. The zero-order valence-electron chi connectivity index (χ0n) is 18.9. The Kier molecular flexibility index (Phi) is 8.90. The third-order valence-electron chi connectivity index (χ3n) is 5.41. The number of nitrogens with one attached hydrogen (secondary N) is 2. The predicted molar refractivity (Wildman–Crippen MR) is 125 cm³/mol. The Morgan fingerprint density at radius 3 is 2.33 bits per heavy atom. The highest BCUT2D eigenvalue weighted by Gasteiger charge is 2.19. The molecule has 0 bridgehead atoms. The molecule has 2 aromatic carbocycles. The summed E-state index contributed by atoms with van der Waals surface area (Å²) in [5.74, 6) is -0.148. The maximum atomic E-state index is 13.1. The molecular formula is C25H35N3O2. The van der Waals surface area contributed by atoms with Crippen LogP contribution in [0.2, 0.25) is 0 Å². The lowest BCUT2D eigenvalue weighted by Gasteiger charge is -2.21. The van der Waals surface area contributed by atoms with Crippen LogP contribution in [0.5, 0.6) is 0 Å². The van der Waals surface area contributed by atoms with Crippen LogP contribution in [-0.2, 0) is 4.79 Å². The second kappa shape index (κ2) is 11.4. The zero-order chi connectivity index (χ0) is 22.1. The lowest BCUT2D eigenvalue weighted by atomic mass is 9.98. The molecule has 30 heavy (non-hydrogen) atoms. The van der Waals surface area contributed by atoms with Gasteiger partial charge in [-0.2, -0.15) is 0 Å². The summed E-state index contributed by atoms with van der Waals surface area (Å²) in [5.41, 5.74) is 3.05. The van der Waals surface area contributed by atoms with Crippen molar-refractivity contribution in [3.63, 3.8) is 0 Å². The minimum absolute atomic E-state index is 0.00569. The lowest BCUT2D eigenvalue weighted by molar-refractivity contribution is -0.120. The summed E-state index contributed by atoms with van der Waals surface area (Å²) in [6, 6.07) is 15.3. The Balaban J connectivity index is 2.21. The molecule has 0 aliphatic carbocycles. The van der Waals surface area contributed by atoms with Crippen molar-refractivity contribution in [1.29, 1.82) is 0 Å². The zero-order valence-corrected chi connectivity index (χ0v) is 18.9. The van der Waals surface area contributed by atoms with Crippen LogP contribution in [0.3, 0.4) is 0 Å². The molecular weight excluding hydrogens is 374 g/mol. The Morgan fingerprint density at radius 2 is 1.73 bits per heavy atom. The van der Waals surface area contributed by atoms with Crippen LogP contribution >= 0.6 is 0 Å². The van der Waals surface area contributed by atoms with Gasteiger partial charge in [-0.25, -0.2) is 0 Å². The number of carbonyl (C=O) groups is 2. The lowest BCUT2D eigenvalue weighted by Crippen LogP contribution is -2.29. The van der Waals surface area contributed by atoms with Crippen LogP contribution in [0.4, 0.5) is 11.4 Å². The Bertz CT molecular complexity index is 834. The molecule has 0 fully saturated rings. The van der Waals surface area contributed by atoms with Gasteiger partial charge in [0.05, 0.1) is 11.6 Å². The number of unbranched alkanes of at least 4 members (excludes halogenated alkanes) is 1. The van der Waals surface area contributed by atoms with Gasteiger partial charge in [0.25, 0.3) is 5.91 Å². The van der Waals surface area contributed by atoms with Gasteiger partial charge in [-0.05, 0) is 43.5 Å². The normalized spacial score (nSPS) is 12.7. The first-order valence-electron chi connectivity index (χ1n) is 10.8. The predicted octanol–water partition coefficient (Wildman–Crippen LogP) is 5.40. The smallest absolute Gasteiger partial charge is 0.253 e. The van der Waals surface area contributed by atoms with E-state index in [-0.39, 0.29) is 23.8 Å². The van der Waals surface area contributed by atoms with E-state index in [0.29, 0.717) is 11.3 Å². The SMILES string of the molecule is CCCC[C@@H](CC)C(=O)Nc1ccc(N(C)C)c(C(=O)N[C@H](C)c2ccccc2)c1. The molecule has 2 rings (SSSR count). The molecule has 0 radical (unpaired) electrons. The largest absolute Gasteiger partial charge is 0.377 e. The van der Waals surface area contributed by atoms with Crippen molar-refractivity contribution >= 4 is 23.2 Å². The number of carbonyl (C=O) groups excluding carboxylic acids is 2. The molecule has 5 nitrogen and oxygen atoms in total. The average molecular weight is 410 g/mol. The molecule has 0 saturated carbocycles. The fourth-order valence-corrected chi connectivity index (χ4v) is 3.50. The monoisotopic (exact) mass is 409 g/mol. The van der Waals surface area contributed by atoms with E-state index in [2.05, 4.69) is 17.6 Å². The van der Waals surface area contributed by atoms with Crippen molar-refractivity contribution in [2.75, 3.05) is 24.3 Å². The molecule has 0 aliphatic rings. The van der Waals surface area contributed by atoms with E-state index in [1.54, 1.807) is 6.07 Å². The highest BCUT2D eigenvalue weighted by atomic mass is 16.2. The number of anilines is 2. The summed E-state index contributed by atoms with van der Waals surface area (Å²) >= 11 is 0. The van der Waals surface area contributed by atoms with Crippen molar-refractivity contribution in [3.05, 3.63) is 59.7 Å². The molecule has 2 N–H and O–H groups in total. The van der Waals surface area contributed by atoms with E-state index in [9.17, 15) is 9.59 Å². The van der Waals surface area contributed by atoms with E-state index in [1.807, 2.05) is 75.3 Å². The quantitative estimate of drug-likeness (QED) is 0.552. The highest BCUT2D eigenvalue weighted by molar-refractivity contribution is 6.02. The first-order chi connectivity index (χ1) is 14.4. The summed E-state index contributed by atoms with van der Waals surface area (Å²) in [6.07, 6.45) is 3.81. The van der Waals surface area contributed by atoms with E-state index in [4.69, 9.17) is 0 Å². The summed E-state index contributed by atoms with van der Waals surface area (Å²) in [4.78, 5) is 27.7. The molecule has 0 heterocycles. The van der Waals surface area contributed by atoms with Crippen LogP contribution in [0.15, 0.2) is 48.5 Å². The first kappa shape index (κ1) is 23.5. The molecule has 0 aromatic heterocycles. The molecule has 2 aromatic rings. The second-order valence-electron chi connectivity index (χ2n) is 7.97. The van der Waals surface area contributed by atoms with E-state index in [1.165, 1.54) is 0 Å². The highest BCUT2D eigenvalue weighted by Crippen LogP contribution is 2.25. The number of amides is 2. The van der Waals surface area contributed by atoms with E-state index >= 15 is 0 Å². The maximum absolute atomic E-state index is 13.1.